The number of rotatable bonds is 3. The molecule has 0 aliphatic rings. The van der Waals surface area contributed by atoms with Crippen molar-refractivity contribution in [1.29, 1.82) is 0 Å². The van der Waals surface area contributed by atoms with E-state index in [-0.39, 0.29) is 0 Å². The van der Waals surface area contributed by atoms with Gasteiger partial charge in [-0.15, -0.1) is 0 Å². The molecular weight excluding hydrogens is 312 g/mol. The molecule has 0 spiro atoms. The molecule has 0 aliphatic carbocycles. The smallest absolute Gasteiger partial charge is 0.138 e. The van der Waals surface area contributed by atoms with Gasteiger partial charge in [0.1, 0.15) is 16.4 Å². The standard InChI is InChI=1S/C21H18N2S/c1-15-8-10-17(11-9-15)20-21(24-18-6-4-3-5-7-18)23-13-12-16(2)14-19(23)22-20/h3-14H,1-2H3. The molecule has 0 bridgehead atoms. The van der Waals surface area contributed by atoms with E-state index in [0.717, 1.165) is 21.9 Å². The van der Waals surface area contributed by atoms with Crippen LogP contribution in [0.25, 0.3) is 16.9 Å². The average molecular weight is 330 g/mol. The summed E-state index contributed by atoms with van der Waals surface area (Å²) in [4.78, 5) is 6.13. The maximum atomic E-state index is 4.91. The third-order valence-corrected chi connectivity index (χ3v) is 5.11. The molecule has 0 N–H and O–H groups in total. The molecule has 4 aromatic rings. The van der Waals surface area contributed by atoms with Crippen molar-refractivity contribution in [3.05, 3.63) is 84.1 Å². The Morgan fingerprint density at radius 3 is 2.33 bits per heavy atom. The fourth-order valence-corrected chi connectivity index (χ4v) is 3.75. The zero-order chi connectivity index (χ0) is 16.5. The Balaban J connectivity index is 1.91. The largest absolute Gasteiger partial charge is 0.294 e. The van der Waals surface area contributed by atoms with E-state index in [4.69, 9.17) is 4.98 Å². The minimum Gasteiger partial charge on any atom is -0.294 e. The fraction of sp³-hybridized carbons (Fsp3) is 0.0952. The summed E-state index contributed by atoms with van der Waals surface area (Å²) in [6, 6.07) is 23.3. The van der Waals surface area contributed by atoms with Gasteiger partial charge in [-0.3, -0.25) is 4.40 Å². The van der Waals surface area contributed by atoms with Gasteiger partial charge in [-0.25, -0.2) is 4.98 Å². The summed E-state index contributed by atoms with van der Waals surface area (Å²) in [5.41, 5.74) is 5.66. The van der Waals surface area contributed by atoms with Crippen LogP contribution in [0.15, 0.2) is 82.8 Å². The minimum atomic E-state index is 0.990. The van der Waals surface area contributed by atoms with E-state index in [2.05, 4.69) is 85.1 Å². The summed E-state index contributed by atoms with van der Waals surface area (Å²) in [5.74, 6) is 0. The number of nitrogens with zero attached hydrogens (tertiary/aromatic N) is 2. The van der Waals surface area contributed by atoms with E-state index < -0.39 is 0 Å². The Morgan fingerprint density at radius 1 is 0.833 bits per heavy atom. The highest BCUT2D eigenvalue weighted by molar-refractivity contribution is 7.99. The lowest BCUT2D eigenvalue weighted by Crippen LogP contribution is -1.88. The van der Waals surface area contributed by atoms with Crippen LogP contribution in [-0.4, -0.2) is 9.38 Å². The Kier molecular flexibility index (Phi) is 3.87. The number of pyridine rings is 1. The molecule has 2 nitrogen and oxygen atoms in total. The second-order valence-corrected chi connectivity index (χ2v) is 7.04. The van der Waals surface area contributed by atoms with Crippen molar-refractivity contribution in [2.45, 2.75) is 23.8 Å². The maximum Gasteiger partial charge on any atom is 0.138 e. The first-order valence-corrected chi connectivity index (χ1v) is 8.81. The quantitative estimate of drug-likeness (QED) is 0.474. The second kappa shape index (κ2) is 6.17. The van der Waals surface area contributed by atoms with E-state index in [1.54, 1.807) is 11.8 Å². The molecule has 0 amide bonds. The molecule has 0 fully saturated rings. The monoisotopic (exact) mass is 330 g/mol. The van der Waals surface area contributed by atoms with E-state index in [0.29, 0.717) is 0 Å². The van der Waals surface area contributed by atoms with Crippen LogP contribution in [0.1, 0.15) is 11.1 Å². The van der Waals surface area contributed by atoms with Crippen LogP contribution in [0.4, 0.5) is 0 Å². The van der Waals surface area contributed by atoms with Crippen molar-refractivity contribution in [2.75, 3.05) is 0 Å². The van der Waals surface area contributed by atoms with Gasteiger partial charge in [0.05, 0.1) is 0 Å². The highest BCUT2D eigenvalue weighted by Gasteiger charge is 2.15. The van der Waals surface area contributed by atoms with E-state index >= 15 is 0 Å². The van der Waals surface area contributed by atoms with Crippen molar-refractivity contribution in [2.24, 2.45) is 0 Å². The van der Waals surface area contributed by atoms with E-state index in [1.165, 1.54) is 16.0 Å². The molecule has 2 aromatic heterocycles. The number of fused-ring (bicyclic) bond motifs is 1. The number of aromatic nitrogens is 2. The van der Waals surface area contributed by atoms with E-state index in [9.17, 15) is 0 Å². The van der Waals surface area contributed by atoms with Gasteiger partial charge in [0.2, 0.25) is 0 Å². The summed E-state index contributed by atoms with van der Waals surface area (Å²) in [5, 5.41) is 1.15. The average Bonchev–Trinajstić information content (AvgIpc) is 2.94. The van der Waals surface area contributed by atoms with Crippen molar-refractivity contribution < 1.29 is 0 Å². The summed E-state index contributed by atoms with van der Waals surface area (Å²) < 4.78 is 2.18. The molecule has 0 unspecified atom stereocenters. The third-order valence-electron chi connectivity index (χ3n) is 4.02. The molecule has 0 saturated carbocycles. The summed E-state index contributed by atoms with van der Waals surface area (Å²) in [6.45, 7) is 4.21. The fourth-order valence-electron chi connectivity index (χ4n) is 2.72. The molecule has 2 heterocycles. The lowest BCUT2D eigenvalue weighted by atomic mass is 10.1. The van der Waals surface area contributed by atoms with Crippen molar-refractivity contribution >= 4 is 17.4 Å². The Bertz CT molecular complexity index is 986. The summed E-state index contributed by atoms with van der Waals surface area (Å²) >= 11 is 1.76. The molecule has 24 heavy (non-hydrogen) atoms. The van der Waals surface area contributed by atoms with Gasteiger partial charge in [0.25, 0.3) is 0 Å². The van der Waals surface area contributed by atoms with Crippen LogP contribution in [0, 0.1) is 13.8 Å². The van der Waals surface area contributed by atoms with Crippen molar-refractivity contribution in [3.8, 4) is 11.3 Å². The number of aryl methyl sites for hydroxylation is 2. The van der Waals surface area contributed by atoms with Gasteiger partial charge < -0.3 is 0 Å². The number of hydrogen-bond donors (Lipinski definition) is 0. The summed E-state index contributed by atoms with van der Waals surface area (Å²) in [7, 11) is 0. The highest BCUT2D eigenvalue weighted by atomic mass is 32.2. The van der Waals surface area contributed by atoms with Gasteiger partial charge in [-0.1, -0.05) is 59.8 Å². The third kappa shape index (κ3) is 2.83. The van der Waals surface area contributed by atoms with Crippen LogP contribution in [0.5, 0.6) is 0 Å². The molecule has 118 valence electrons. The van der Waals surface area contributed by atoms with Gasteiger partial charge in [-0.2, -0.15) is 0 Å². The minimum absolute atomic E-state index is 0.990. The van der Waals surface area contributed by atoms with Crippen LogP contribution >= 0.6 is 11.8 Å². The molecule has 0 atom stereocenters. The topological polar surface area (TPSA) is 17.3 Å². The number of hydrogen-bond acceptors (Lipinski definition) is 2. The first-order valence-electron chi connectivity index (χ1n) is 7.99. The normalized spacial score (nSPS) is 11.1. The Hall–Kier alpha value is -2.52. The van der Waals surface area contributed by atoms with Crippen LogP contribution < -0.4 is 0 Å². The van der Waals surface area contributed by atoms with Crippen LogP contribution in [-0.2, 0) is 0 Å². The van der Waals surface area contributed by atoms with Gasteiger partial charge >= 0.3 is 0 Å². The van der Waals surface area contributed by atoms with Crippen molar-refractivity contribution in [3.63, 3.8) is 0 Å². The van der Waals surface area contributed by atoms with Gasteiger partial charge in [0, 0.05) is 16.7 Å². The zero-order valence-electron chi connectivity index (χ0n) is 13.7. The second-order valence-electron chi connectivity index (χ2n) is 5.98. The van der Waals surface area contributed by atoms with Gasteiger partial charge in [0.15, 0.2) is 0 Å². The highest BCUT2D eigenvalue weighted by Crippen LogP contribution is 2.36. The molecule has 4 rings (SSSR count). The van der Waals surface area contributed by atoms with Crippen LogP contribution in [0.2, 0.25) is 0 Å². The molecule has 0 saturated heterocycles. The van der Waals surface area contributed by atoms with Crippen molar-refractivity contribution in [1.82, 2.24) is 9.38 Å². The van der Waals surface area contributed by atoms with E-state index in [1.807, 2.05) is 6.07 Å². The maximum absolute atomic E-state index is 4.91. The first kappa shape index (κ1) is 15.0. The molecule has 0 radical (unpaired) electrons. The Labute approximate surface area is 146 Å². The predicted molar refractivity (Wildman–Crippen MR) is 101 cm³/mol. The lowest BCUT2D eigenvalue weighted by Gasteiger charge is -2.06. The summed E-state index contributed by atoms with van der Waals surface area (Å²) in [6.07, 6.45) is 2.11. The number of benzene rings is 2. The number of imidazole rings is 1. The molecular formula is C21H18N2S. The lowest BCUT2D eigenvalue weighted by molar-refractivity contribution is 1.04. The molecule has 3 heteroatoms. The molecule has 0 aliphatic heterocycles. The zero-order valence-corrected chi connectivity index (χ0v) is 14.5. The first-order chi connectivity index (χ1) is 11.7. The van der Waals surface area contributed by atoms with Crippen LogP contribution in [0.3, 0.4) is 0 Å². The Morgan fingerprint density at radius 2 is 1.58 bits per heavy atom. The predicted octanol–water partition coefficient (Wildman–Crippen LogP) is 5.77. The molecule has 2 aromatic carbocycles. The SMILES string of the molecule is Cc1ccc(-c2nc3cc(C)ccn3c2Sc2ccccc2)cc1. The van der Waals surface area contributed by atoms with Gasteiger partial charge in [-0.05, 0) is 43.7 Å².